The minimum atomic E-state index is 0.458. The van der Waals surface area contributed by atoms with Crippen LogP contribution in [-0.2, 0) is 13.1 Å². The first-order valence-electron chi connectivity index (χ1n) is 8.63. The molecule has 0 N–H and O–H groups in total. The fraction of sp³-hybridized carbons (Fsp3) is 0.750. The normalized spacial score (nSPS) is 22.6. The van der Waals surface area contributed by atoms with Crippen molar-refractivity contribution in [1.82, 2.24) is 29.8 Å². The Balaban J connectivity index is 1.44. The topological polar surface area (TPSA) is 72.9 Å². The molecule has 1 aliphatic carbocycles. The van der Waals surface area contributed by atoms with Gasteiger partial charge in [-0.1, -0.05) is 11.6 Å². The molecule has 4 rings (SSSR count). The van der Waals surface area contributed by atoms with E-state index in [2.05, 4.69) is 25.1 Å². The molecule has 7 heteroatoms. The van der Waals surface area contributed by atoms with E-state index in [0.717, 1.165) is 43.0 Å². The van der Waals surface area contributed by atoms with Gasteiger partial charge in [-0.05, 0) is 46.1 Å². The van der Waals surface area contributed by atoms with Crippen molar-refractivity contribution in [1.29, 1.82) is 0 Å². The molecule has 0 amide bonds. The summed E-state index contributed by atoms with van der Waals surface area (Å²) in [6.45, 7) is 6.68. The zero-order valence-corrected chi connectivity index (χ0v) is 13.9. The van der Waals surface area contributed by atoms with Crippen LogP contribution in [0.3, 0.4) is 0 Å². The Kier molecular flexibility index (Phi) is 3.88. The van der Waals surface area contributed by atoms with Gasteiger partial charge in [-0.2, -0.15) is 10.1 Å². The molecule has 2 aliphatic rings. The van der Waals surface area contributed by atoms with Crippen molar-refractivity contribution in [2.24, 2.45) is 0 Å². The predicted molar refractivity (Wildman–Crippen MR) is 83.8 cm³/mol. The quantitative estimate of drug-likeness (QED) is 0.842. The lowest BCUT2D eigenvalue weighted by Crippen LogP contribution is -2.42. The Labute approximate surface area is 136 Å². The van der Waals surface area contributed by atoms with Crippen LogP contribution < -0.4 is 0 Å². The number of aromatic nitrogens is 5. The van der Waals surface area contributed by atoms with Gasteiger partial charge in [0, 0.05) is 12.0 Å². The number of hydrogen-bond acceptors (Lipinski definition) is 6. The van der Waals surface area contributed by atoms with E-state index in [1.54, 1.807) is 0 Å². The molecule has 1 aliphatic heterocycles. The van der Waals surface area contributed by atoms with Crippen LogP contribution >= 0.6 is 0 Å². The van der Waals surface area contributed by atoms with Gasteiger partial charge >= 0.3 is 0 Å². The Hall–Kier alpha value is -1.76. The van der Waals surface area contributed by atoms with Crippen LogP contribution in [0.25, 0.3) is 0 Å². The zero-order chi connectivity index (χ0) is 15.8. The lowest BCUT2D eigenvalue weighted by Gasteiger charge is -2.34. The minimum absolute atomic E-state index is 0.458. The van der Waals surface area contributed by atoms with E-state index in [9.17, 15) is 0 Å². The maximum atomic E-state index is 5.46. The third-order valence-electron chi connectivity index (χ3n) is 4.86. The second-order valence-electron chi connectivity index (χ2n) is 6.83. The second-order valence-corrected chi connectivity index (χ2v) is 6.83. The first kappa shape index (κ1) is 14.8. The highest BCUT2D eigenvalue weighted by Crippen LogP contribution is 2.38. The molecule has 23 heavy (non-hydrogen) atoms. The molecule has 0 aromatic carbocycles. The summed E-state index contributed by atoms with van der Waals surface area (Å²) in [6.07, 6.45) is 6.09. The fourth-order valence-electron chi connectivity index (χ4n) is 3.42. The van der Waals surface area contributed by atoms with Gasteiger partial charge in [-0.15, -0.1) is 0 Å². The van der Waals surface area contributed by atoms with Gasteiger partial charge in [0.1, 0.15) is 11.6 Å². The second kappa shape index (κ2) is 6.03. The first-order chi connectivity index (χ1) is 11.2. The van der Waals surface area contributed by atoms with E-state index in [4.69, 9.17) is 4.52 Å². The van der Waals surface area contributed by atoms with E-state index < -0.39 is 0 Å². The van der Waals surface area contributed by atoms with Crippen LogP contribution in [-0.4, -0.2) is 42.4 Å². The summed E-state index contributed by atoms with van der Waals surface area (Å²) in [6, 6.07) is 0.458. The number of aryl methyl sites for hydroxylation is 2. The van der Waals surface area contributed by atoms with Gasteiger partial charge < -0.3 is 4.52 Å². The van der Waals surface area contributed by atoms with Crippen LogP contribution in [0.1, 0.15) is 61.4 Å². The fourth-order valence-corrected chi connectivity index (χ4v) is 3.42. The molecule has 0 radical (unpaired) electrons. The van der Waals surface area contributed by atoms with Gasteiger partial charge in [-0.3, -0.25) is 4.90 Å². The third kappa shape index (κ3) is 3.29. The van der Waals surface area contributed by atoms with Gasteiger partial charge in [0.05, 0.1) is 13.1 Å². The highest BCUT2D eigenvalue weighted by Gasteiger charge is 2.30. The van der Waals surface area contributed by atoms with Crippen molar-refractivity contribution in [3.8, 4) is 0 Å². The Morgan fingerprint density at radius 3 is 2.74 bits per heavy atom. The molecule has 124 valence electrons. The maximum Gasteiger partial charge on any atom is 0.240 e. The summed E-state index contributed by atoms with van der Waals surface area (Å²) in [7, 11) is 0. The SMILES string of the molecule is Cc1nc(C)n(C[C@@H]2CCCCN2Cc2nc(C3CC3)no2)n1. The molecule has 1 saturated heterocycles. The number of rotatable bonds is 5. The van der Waals surface area contributed by atoms with Gasteiger partial charge in [0.25, 0.3) is 0 Å². The molecule has 7 nitrogen and oxygen atoms in total. The number of nitrogens with zero attached hydrogens (tertiary/aromatic N) is 6. The number of piperidine rings is 1. The molecule has 1 saturated carbocycles. The number of hydrogen-bond donors (Lipinski definition) is 0. The van der Waals surface area contributed by atoms with Crippen molar-refractivity contribution in [3.05, 3.63) is 23.4 Å². The number of likely N-dealkylation sites (tertiary alicyclic amines) is 1. The Bertz CT molecular complexity index is 674. The van der Waals surface area contributed by atoms with Crippen LogP contribution in [0, 0.1) is 13.8 Å². The average Bonchev–Trinajstić information content (AvgIpc) is 3.20. The van der Waals surface area contributed by atoms with Gasteiger partial charge in [-0.25, -0.2) is 9.67 Å². The summed E-state index contributed by atoms with van der Waals surface area (Å²) in [5, 5.41) is 8.64. The molecule has 0 unspecified atom stereocenters. The van der Waals surface area contributed by atoms with E-state index in [0.29, 0.717) is 12.0 Å². The smallest absolute Gasteiger partial charge is 0.240 e. The van der Waals surface area contributed by atoms with Crippen molar-refractivity contribution in [3.63, 3.8) is 0 Å². The third-order valence-corrected chi connectivity index (χ3v) is 4.86. The predicted octanol–water partition coefficient (Wildman–Crippen LogP) is 2.21. The molecule has 2 fully saturated rings. The monoisotopic (exact) mass is 316 g/mol. The lowest BCUT2D eigenvalue weighted by molar-refractivity contribution is 0.107. The molecular formula is C16H24N6O. The van der Waals surface area contributed by atoms with E-state index in [1.807, 2.05) is 18.5 Å². The largest absolute Gasteiger partial charge is 0.338 e. The first-order valence-corrected chi connectivity index (χ1v) is 8.63. The van der Waals surface area contributed by atoms with Crippen molar-refractivity contribution < 1.29 is 4.52 Å². The molecule has 1 atom stereocenters. The van der Waals surface area contributed by atoms with E-state index in [1.165, 1.54) is 32.1 Å². The summed E-state index contributed by atoms with van der Waals surface area (Å²) in [5.74, 6) is 4.03. The van der Waals surface area contributed by atoms with Gasteiger partial charge in [0.2, 0.25) is 5.89 Å². The van der Waals surface area contributed by atoms with Gasteiger partial charge in [0.15, 0.2) is 5.82 Å². The van der Waals surface area contributed by atoms with E-state index in [-0.39, 0.29) is 0 Å². The molecule has 0 spiro atoms. The Morgan fingerprint density at radius 2 is 2.00 bits per heavy atom. The van der Waals surface area contributed by atoms with Crippen LogP contribution in [0.5, 0.6) is 0 Å². The van der Waals surface area contributed by atoms with Crippen molar-refractivity contribution in [2.45, 2.75) is 71.0 Å². The Morgan fingerprint density at radius 1 is 1.13 bits per heavy atom. The molecule has 0 bridgehead atoms. The summed E-state index contributed by atoms with van der Waals surface area (Å²) in [5.41, 5.74) is 0. The molecule has 3 heterocycles. The highest BCUT2D eigenvalue weighted by atomic mass is 16.5. The average molecular weight is 316 g/mol. The van der Waals surface area contributed by atoms with Crippen LogP contribution in [0.4, 0.5) is 0 Å². The molecule has 2 aromatic rings. The standard InChI is InChI=1S/C16H24N6O/c1-11-17-12(2)22(19-11)9-14-5-3-4-8-21(14)10-15-18-16(20-23-15)13-6-7-13/h13-14H,3-10H2,1-2H3/t14-/m0/s1. The lowest BCUT2D eigenvalue weighted by atomic mass is 10.0. The molecular weight excluding hydrogens is 292 g/mol. The minimum Gasteiger partial charge on any atom is -0.338 e. The van der Waals surface area contributed by atoms with Crippen molar-refractivity contribution in [2.75, 3.05) is 6.54 Å². The highest BCUT2D eigenvalue weighted by molar-refractivity contribution is 5.03. The summed E-state index contributed by atoms with van der Waals surface area (Å²) in [4.78, 5) is 11.4. The maximum absolute atomic E-state index is 5.46. The summed E-state index contributed by atoms with van der Waals surface area (Å²) >= 11 is 0. The van der Waals surface area contributed by atoms with Crippen molar-refractivity contribution >= 4 is 0 Å². The summed E-state index contributed by atoms with van der Waals surface area (Å²) < 4.78 is 7.49. The van der Waals surface area contributed by atoms with Crippen LogP contribution in [0.2, 0.25) is 0 Å². The molecule has 2 aromatic heterocycles. The van der Waals surface area contributed by atoms with E-state index >= 15 is 0 Å². The zero-order valence-electron chi connectivity index (χ0n) is 13.9. The van der Waals surface area contributed by atoms with Crippen LogP contribution in [0.15, 0.2) is 4.52 Å².